The number of piperazine rings is 1. The van der Waals surface area contributed by atoms with Gasteiger partial charge in [-0.25, -0.2) is 4.98 Å². The van der Waals surface area contributed by atoms with Crippen molar-refractivity contribution < 1.29 is 9.59 Å². The molecule has 0 unspecified atom stereocenters. The number of thiazole rings is 1. The topological polar surface area (TPSA) is 65.5 Å². The van der Waals surface area contributed by atoms with Gasteiger partial charge in [0, 0.05) is 49.9 Å². The van der Waals surface area contributed by atoms with E-state index in [0.717, 1.165) is 56.3 Å². The fraction of sp³-hybridized carbons (Fsp3) is 0.542. The molecule has 31 heavy (non-hydrogen) atoms. The lowest BCUT2D eigenvalue weighted by Gasteiger charge is -2.34. The van der Waals surface area contributed by atoms with E-state index in [4.69, 9.17) is 4.98 Å². The Labute approximate surface area is 188 Å². The number of anilines is 1. The van der Waals surface area contributed by atoms with Gasteiger partial charge in [0.05, 0.1) is 5.69 Å². The summed E-state index contributed by atoms with van der Waals surface area (Å²) in [6, 6.07) is 6.37. The molecule has 1 fully saturated rings. The van der Waals surface area contributed by atoms with Gasteiger partial charge in [-0.2, -0.15) is 0 Å². The van der Waals surface area contributed by atoms with Crippen LogP contribution >= 0.6 is 11.3 Å². The van der Waals surface area contributed by atoms with E-state index in [1.807, 2.05) is 11.8 Å². The molecule has 0 radical (unpaired) electrons. The molecular formula is C24H32N4O2S. The van der Waals surface area contributed by atoms with Gasteiger partial charge in [-0.15, -0.1) is 11.3 Å². The minimum Gasteiger partial charge on any atom is -0.352 e. The van der Waals surface area contributed by atoms with Crippen LogP contribution in [-0.4, -0.2) is 47.9 Å². The highest BCUT2D eigenvalue weighted by Gasteiger charge is 2.29. The van der Waals surface area contributed by atoms with E-state index in [9.17, 15) is 9.59 Å². The Morgan fingerprint density at radius 1 is 1.19 bits per heavy atom. The van der Waals surface area contributed by atoms with Crippen LogP contribution in [0.2, 0.25) is 0 Å². The summed E-state index contributed by atoms with van der Waals surface area (Å²) in [4.78, 5) is 35.1. The molecule has 1 aromatic carbocycles. The van der Waals surface area contributed by atoms with Crippen molar-refractivity contribution in [3.63, 3.8) is 0 Å². The highest BCUT2D eigenvalue weighted by atomic mass is 32.1. The number of carbonyl (C=O) groups is 2. The molecule has 1 aliphatic heterocycles. The summed E-state index contributed by atoms with van der Waals surface area (Å²) >= 11 is 1.73. The van der Waals surface area contributed by atoms with Gasteiger partial charge in [0.15, 0.2) is 5.13 Å². The van der Waals surface area contributed by atoms with Crippen molar-refractivity contribution in [2.75, 3.05) is 31.1 Å². The molecule has 1 N–H and O–H groups in total. The normalized spacial score (nSPS) is 18.6. The summed E-state index contributed by atoms with van der Waals surface area (Å²) in [5, 5.41) is 4.20. The lowest BCUT2D eigenvalue weighted by molar-refractivity contribution is -0.131. The van der Waals surface area contributed by atoms with E-state index in [1.165, 1.54) is 21.6 Å². The second kappa shape index (κ2) is 9.39. The molecule has 7 heteroatoms. The van der Waals surface area contributed by atoms with Crippen LogP contribution in [0.5, 0.6) is 0 Å². The summed E-state index contributed by atoms with van der Waals surface area (Å²) in [5.41, 5.74) is 4.77. The Hall–Kier alpha value is -2.41. The first-order valence-corrected chi connectivity index (χ1v) is 12.1. The molecule has 6 nitrogen and oxygen atoms in total. The third kappa shape index (κ3) is 4.92. The van der Waals surface area contributed by atoms with E-state index < -0.39 is 0 Å². The maximum atomic E-state index is 12.8. The summed E-state index contributed by atoms with van der Waals surface area (Å²) < 4.78 is 0. The lowest BCUT2D eigenvalue weighted by Crippen LogP contribution is -2.48. The molecule has 0 saturated carbocycles. The number of aromatic nitrogens is 1. The standard InChI is InChI=1S/C24H32N4O2S/c1-4-22(29)27-9-11-28(12-10-27)24-26-20-8-7-18(14-21(20)31-24)23(30)25-15-19-13-16(2)5-6-17(19)3/h5-6,13,18H,4,7-12,14-15H2,1-3H3,(H,25,30)/t18-/m1/s1. The van der Waals surface area contributed by atoms with Crippen LogP contribution in [0.1, 0.15) is 47.0 Å². The minimum atomic E-state index is 0.0185. The average molecular weight is 441 g/mol. The second-order valence-electron chi connectivity index (χ2n) is 8.68. The largest absolute Gasteiger partial charge is 0.352 e. The molecule has 166 valence electrons. The third-order valence-electron chi connectivity index (χ3n) is 6.46. The highest BCUT2D eigenvalue weighted by Crippen LogP contribution is 2.34. The van der Waals surface area contributed by atoms with Crippen molar-refractivity contribution in [1.82, 2.24) is 15.2 Å². The monoisotopic (exact) mass is 440 g/mol. The molecule has 2 aliphatic rings. The Bertz CT molecular complexity index is 962. The van der Waals surface area contributed by atoms with Crippen molar-refractivity contribution in [2.24, 2.45) is 5.92 Å². The molecule has 0 spiro atoms. The molecule has 4 rings (SSSR count). The zero-order valence-electron chi connectivity index (χ0n) is 18.7. The van der Waals surface area contributed by atoms with Gasteiger partial charge in [-0.3, -0.25) is 9.59 Å². The van der Waals surface area contributed by atoms with E-state index in [2.05, 4.69) is 42.3 Å². The van der Waals surface area contributed by atoms with Gasteiger partial charge in [0.25, 0.3) is 0 Å². The Balaban J connectivity index is 1.34. The second-order valence-corrected chi connectivity index (χ2v) is 9.74. The number of aryl methyl sites for hydroxylation is 3. The van der Waals surface area contributed by atoms with Gasteiger partial charge in [0.1, 0.15) is 0 Å². The first-order chi connectivity index (χ1) is 14.9. The Morgan fingerprint density at radius 3 is 2.71 bits per heavy atom. The first-order valence-electron chi connectivity index (χ1n) is 11.3. The Kier molecular flexibility index (Phi) is 6.60. The number of rotatable bonds is 5. The maximum absolute atomic E-state index is 12.8. The summed E-state index contributed by atoms with van der Waals surface area (Å²) in [7, 11) is 0. The molecule has 2 heterocycles. The molecule has 2 aromatic rings. The van der Waals surface area contributed by atoms with Gasteiger partial charge in [-0.05, 0) is 44.2 Å². The quantitative estimate of drug-likeness (QED) is 0.775. The Morgan fingerprint density at radius 2 is 1.97 bits per heavy atom. The first kappa shape index (κ1) is 21.8. The number of hydrogen-bond donors (Lipinski definition) is 1. The van der Waals surface area contributed by atoms with Gasteiger partial charge in [-0.1, -0.05) is 30.7 Å². The number of amides is 2. The van der Waals surface area contributed by atoms with Crippen LogP contribution in [0.25, 0.3) is 0 Å². The molecule has 1 atom stereocenters. The third-order valence-corrected chi connectivity index (χ3v) is 7.64. The van der Waals surface area contributed by atoms with Crippen LogP contribution in [-0.2, 0) is 29.0 Å². The summed E-state index contributed by atoms with van der Waals surface area (Å²) in [6.07, 6.45) is 3.06. The van der Waals surface area contributed by atoms with Crippen LogP contribution in [0.3, 0.4) is 0 Å². The predicted molar refractivity (Wildman–Crippen MR) is 124 cm³/mol. The lowest BCUT2D eigenvalue weighted by atomic mass is 9.90. The van der Waals surface area contributed by atoms with Crippen molar-refractivity contribution in [2.45, 2.75) is 53.0 Å². The van der Waals surface area contributed by atoms with E-state index >= 15 is 0 Å². The molecule has 1 saturated heterocycles. The minimum absolute atomic E-state index is 0.0185. The van der Waals surface area contributed by atoms with Gasteiger partial charge in [0.2, 0.25) is 11.8 Å². The zero-order chi connectivity index (χ0) is 22.0. The zero-order valence-corrected chi connectivity index (χ0v) is 19.6. The van der Waals surface area contributed by atoms with Crippen LogP contribution in [0.15, 0.2) is 18.2 Å². The van der Waals surface area contributed by atoms with E-state index in [0.29, 0.717) is 13.0 Å². The smallest absolute Gasteiger partial charge is 0.223 e. The molecule has 1 aliphatic carbocycles. The molecule has 2 amide bonds. The van der Waals surface area contributed by atoms with Crippen LogP contribution in [0.4, 0.5) is 5.13 Å². The average Bonchev–Trinajstić information content (AvgIpc) is 3.22. The highest BCUT2D eigenvalue weighted by molar-refractivity contribution is 7.15. The van der Waals surface area contributed by atoms with Crippen molar-refractivity contribution >= 4 is 28.3 Å². The molecule has 0 bridgehead atoms. The fourth-order valence-corrected chi connectivity index (χ4v) is 5.65. The van der Waals surface area contributed by atoms with E-state index in [-0.39, 0.29) is 17.7 Å². The van der Waals surface area contributed by atoms with Crippen LogP contribution in [0, 0.1) is 19.8 Å². The number of nitrogens with zero attached hydrogens (tertiary/aromatic N) is 3. The fourth-order valence-electron chi connectivity index (χ4n) is 4.41. The summed E-state index contributed by atoms with van der Waals surface area (Å²) in [5.74, 6) is 0.394. The SMILES string of the molecule is CCC(=O)N1CCN(c2nc3c(s2)C[C@H](C(=O)NCc2cc(C)ccc2C)CC3)CC1. The summed E-state index contributed by atoms with van der Waals surface area (Å²) in [6.45, 7) is 9.86. The number of carbonyl (C=O) groups excluding carboxylic acids is 2. The molecular weight excluding hydrogens is 408 g/mol. The number of fused-ring (bicyclic) bond motifs is 1. The van der Waals surface area contributed by atoms with Crippen molar-refractivity contribution in [1.29, 1.82) is 0 Å². The number of benzene rings is 1. The van der Waals surface area contributed by atoms with Crippen molar-refractivity contribution in [3.8, 4) is 0 Å². The van der Waals surface area contributed by atoms with Crippen molar-refractivity contribution in [3.05, 3.63) is 45.5 Å². The molecule has 1 aromatic heterocycles. The maximum Gasteiger partial charge on any atom is 0.223 e. The van der Waals surface area contributed by atoms with Crippen LogP contribution < -0.4 is 10.2 Å². The predicted octanol–water partition coefficient (Wildman–Crippen LogP) is 3.24. The number of hydrogen-bond acceptors (Lipinski definition) is 5. The van der Waals surface area contributed by atoms with Gasteiger partial charge >= 0.3 is 0 Å². The van der Waals surface area contributed by atoms with E-state index in [1.54, 1.807) is 11.3 Å². The number of nitrogens with one attached hydrogen (secondary N) is 1. The van der Waals surface area contributed by atoms with Gasteiger partial charge < -0.3 is 15.1 Å².